The van der Waals surface area contributed by atoms with Crippen molar-refractivity contribution in [3.63, 3.8) is 0 Å². The van der Waals surface area contributed by atoms with E-state index >= 15 is 0 Å². The Morgan fingerprint density at radius 1 is 1.08 bits per heavy atom. The predicted octanol–water partition coefficient (Wildman–Crippen LogP) is 3.67. The van der Waals surface area contributed by atoms with Crippen molar-refractivity contribution in [1.29, 1.82) is 5.26 Å². The van der Waals surface area contributed by atoms with E-state index < -0.39 is 0 Å². The highest BCUT2D eigenvalue weighted by atomic mass is 15.2. The molecule has 128 valence electrons. The summed E-state index contributed by atoms with van der Waals surface area (Å²) in [6, 6.07) is 18.0. The van der Waals surface area contributed by atoms with Gasteiger partial charge in [-0.3, -0.25) is 4.90 Å². The summed E-state index contributed by atoms with van der Waals surface area (Å²) in [5.74, 6) is 0. The lowest BCUT2D eigenvalue weighted by atomic mass is 9.99. The lowest BCUT2D eigenvalue weighted by Crippen LogP contribution is -2.45. The van der Waals surface area contributed by atoms with Gasteiger partial charge in [-0.1, -0.05) is 24.3 Å². The fraction of sp³-hybridized carbons (Fsp3) is 0.381. The Balaban J connectivity index is 1.84. The van der Waals surface area contributed by atoms with Crippen LogP contribution in [0.2, 0.25) is 0 Å². The highest BCUT2D eigenvalue weighted by Crippen LogP contribution is 2.33. The Hall–Kier alpha value is -2.35. The molecule has 4 nitrogen and oxygen atoms in total. The summed E-state index contributed by atoms with van der Waals surface area (Å²) in [6.07, 6.45) is 0.540. The maximum Gasteiger partial charge on any atom is 0.0641 e. The number of nitrogens with zero attached hydrogens (tertiary/aromatic N) is 3. The van der Waals surface area contributed by atoms with Gasteiger partial charge in [-0.05, 0) is 30.7 Å². The molecule has 25 heavy (non-hydrogen) atoms. The Kier molecular flexibility index (Phi) is 4.44. The molecule has 4 rings (SSSR count). The molecule has 1 aromatic heterocycles. The van der Waals surface area contributed by atoms with Crippen LogP contribution in [0.1, 0.15) is 24.9 Å². The molecule has 1 fully saturated rings. The molecule has 0 radical (unpaired) electrons. The SMILES string of the molecule is CCn1c2ccccc2c2cc([C@@H](CC#N)N3CCNCC3)ccc21. The van der Waals surface area contributed by atoms with Crippen LogP contribution >= 0.6 is 0 Å². The summed E-state index contributed by atoms with van der Waals surface area (Å²) in [5, 5.41) is 15.4. The fourth-order valence-electron chi connectivity index (χ4n) is 4.16. The average Bonchev–Trinajstić information content (AvgIpc) is 3.00. The van der Waals surface area contributed by atoms with Gasteiger partial charge in [0.25, 0.3) is 0 Å². The van der Waals surface area contributed by atoms with Crippen LogP contribution in [0.3, 0.4) is 0 Å². The number of hydrogen-bond acceptors (Lipinski definition) is 3. The van der Waals surface area contributed by atoms with Crippen molar-refractivity contribution in [1.82, 2.24) is 14.8 Å². The molecule has 1 aliphatic rings. The van der Waals surface area contributed by atoms with Crippen LogP contribution in [0, 0.1) is 11.3 Å². The van der Waals surface area contributed by atoms with E-state index in [0.717, 1.165) is 32.7 Å². The summed E-state index contributed by atoms with van der Waals surface area (Å²) < 4.78 is 2.37. The van der Waals surface area contributed by atoms with Crippen LogP contribution in [-0.4, -0.2) is 35.6 Å². The van der Waals surface area contributed by atoms with Crippen molar-refractivity contribution in [3.8, 4) is 6.07 Å². The molecule has 2 heterocycles. The maximum atomic E-state index is 9.36. The van der Waals surface area contributed by atoms with Crippen molar-refractivity contribution in [3.05, 3.63) is 48.0 Å². The largest absolute Gasteiger partial charge is 0.341 e. The number of nitriles is 1. The number of nitrogens with one attached hydrogen (secondary N) is 1. The Morgan fingerprint density at radius 2 is 1.84 bits per heavy atom. The van der Waals surface area contributed by atoms with Crippen LogP contribution in [0.5, 0.6) is 0 Å². The van der Waals surface area contributed by atoms with Crippen molar-refractivity contribution in [2.45, 2.75) is 25.9 Å². The van der Waals surface area contributed by atoms with Crippen molar-refractivity contribution in [2.75, 3.05) is 26.2 Å². The minimum atomic E-state index is 0.181. The third-order valence-electron chi connectivity index (χ3n) is 5.37. The first-order valence-electron chi connectivity index (χ1n) is 9.16. The smallest absolute Gasteiger partial charge is 0.0641 e. The van der Waals surface area contributed by atoms with E-state index in [1.807, 2.05) is 0 Å². The lowest BCUT2D eigenvalue weighted by molar-refractivity contribution is 0.176. The van der Waals surface area contributed by atoms with Crippen LogP contribution in [0.4, 0.5) is 0 Å². The predicted molar refractivity (Wildman–Crippen MR) is 103 cm³/mol. The zero-order valence-corrected chi connectivity index (χ0v) is 14.7. The summed E-state index contributed by atoms with van der Waals surface area (Å²) in [7, 11) is 0. The van der Waals surface area contributed by atoms with Crippen LogP contribution in [0.15, 0.2) is 42.5 Å². The molecule has 4 heteroatoms. The van der Waals surface area contributed by atoms with Gasteiger partial charge < -0.3 is 9.88 Å². The Labute approximate surface area is 148 Å². The number of hydrogen-bond donors (Lipinski definition) is 1. The molecular formula is C21H24N4. The van der Waals surface area contributed by atoms with Crippen LogP contribution < -0.4 is 5.32 Å². The average molecular weight is 332 g/mol. The molecule has 0 unspecified atom stereocenters. The third kappa shape index (κ3) is 2.80. The minimum absolute atomic E-state index is 0.181. The number of piperazine rings is 1. The monoisotopic (exact) mass is 332 g/mol. The molecule has 0 aliphatic carbocycles. The number of benzene rings is 2. The van der Waals surface area contributed by atoms with E-state index in [1.165, 1.54) is 27.4 Å². The van der Waals surface area contributed by atoms with Gasteiger partial charge in [0.1, 0.15) is 0 Å². The Morgan fingerprint density at radius 3 is 2.60 bits per heavy atom. The van der Waals surface area contributed by atoms with E-state index in [4.69, 9.17) is 0 Å². The second kappa shape index (κ2) is 6.87. The quantitative estimate of drug-likeness (QED) is 0.793. The third-order valence-corrected chi connectivity index (χ3v) is 5.37. The first kappa shape index (κ1) is 16.1. The zero-order valence-electron chi connectivity index (χ0n) is 14.7. The molecule has 0 amide bonds. The molecule has 3 aromatic rings. The summed E-state index contributed by atoms with van der Waals surface area (Å²) in [5.41, 5.74) is 3.83. The fourth-order valence-corrected chi connectivity index (χ4v) is 4.16. The van der Waals surface area contributed by atoms with Gasteiger partial charge in [0.2, 0.25) is 0 Å². The number of fused-ring (bicyclic) bond motifs is 3. The van der Waals surface area contributed by atoms with Gasteiger partial charge in [0.15, 0.2) is 0 Å². The summed E-state index contributed by atoms with van der Waals surface area (Å²) in [4.78, 5) is 2.44. The van der Waals surface area contributed by atoms with Gasteiger partial charge >= 0.3 is 0 Å². The molecule has 1 saturated heterocycles. The molecule has 0 spiro atoms. The van der Waals surface area contributed by atoms with E-state index in [0.29, 0.717) is 6.42 Å². The number of aromatic nitrogens is 1. The van der Waals surface area contributed by atoms with Gasteiger partial charge in [0, 0.05) is 60.6 Å². The van der Waals surface area contributed by atoms with Crippen molar-refractivity contribution < 1.29 is 0 Å². The van der Waals surface area contributed by atoms with E-state index in [2.05, 4.69) is 70.2 Å². The van der Waals surface area contributed by atoms with Gasteiger partial charge in [-0.25, -0.2) is 0 Å². The van der Waals surface area contributed by atoms with Gasteiger partial charge in [-0.15, -0.1) is 0 Å². The standard InChI is InChI=1S/C21H24N4/c1-2-25-20-6-4-3-5-17(20)18-15-16(7-8-21(18)25)19(9-10-22)24-13-11-23-12-14-24/h3-8,15,19,23H,2,9,11-14H2,1H3/t19-/m1/s1. The maximum absolute atomic E-state index is 9.36. The number of rotatable bonds is 4. The van der Waals surface area contributed by atoms with Crippen LogP contribution in [0.25, 0.3) is 21.8 Å². The van der Waals surface area contributed by atoms with Gasteiger partial charge in [-0.2, -0.15) is 5.26 Å². The van der Waals surface area contributed by atoms with Crippen LogP contribution in [-0.2, 0) is 6.54 Å². The summed E-state index contributed by atoms with van der Waals surface area (Å²) in [6.45, 7) is 7.16. The highest BCUT2D eigenvalue weighted by Gasteiger charge is 2.23. The summed E-state index contributed by atoms with van der Waals surface area (Å²) >= 11 is 0. The molecule has 0 bridgehead atoms. The number of para-hydroxylation sites is 1. The first-order valence-corrected chi connectivity index (χ1v) is 9.16. The van der Waals surface area contributed by atoms with E-state index in [-0.39, 0.29) is 6.04 Å². The van der Waals surface area contributed by atoms with E-state index in [9.17, 15) is 5.26 Å². The topological polar surface area (TPSA) is 44.0 Å². The second-order valence-corrected chi connectivity index (χ2v) is 6.70. The number of aryl methyl sites for hydroxylation is 1. The van der Waals surface area contributed by atoms with Gasteiger partial charge in [0.05, 0.1) is 12.5 Å². The highest BCUT2D eigenvalue weighted by molar-refractivity contribution is 6.08. The molecule has 1 atom stereocenters. The van der Waals surface area contributed by atoms with E-state index in [1.54, 1.807) is 0 Å². The molecule has 1 N–H and O–H groups in total. The van der Waals surface area contributed by atoms with Crippen molar-refractivity contribution in [2.24, 2.45) is 0 Å². The molecule has 2 aromatic carbocycles. The minimum Gasteiger partial charge on any atom is -0.341 e. The second-order valence-electron chi connectivity index (χ2n) is 6.70. The lowest BCUT2D eigenvalue weighted by Gasteiger charge is -2.34. The normalized spacial score (nSPS) is 17.0. The first-order chi connectivity index (χ1) is 12.3. The zero-order chi connectivity index (χ0) is 17.2. The van der Waals surface area contributed by atoms with Crippen molar-refractivity contribution >= 4 is 21.8 Å². The molecule has 0 saturated carbocycles. The molecule has 1 aliphatic heterocycles. The molecular weight excluding hydrogens is 308 g/mol. The Bertz CT molecular complexity index is 928.